The lowest BCUT2D eigenvalue weighted by Gasteiger charge is -2.07. The zero-order chi connectivity index (χ0) is 12.7. The van der Waals surface area contributed by atoms with Crippen LogP contribution in [-0.2, 0) is 7.05 Å². The molecule has 2 aromatic heterocycles. The monoisotopic (exact) mass is 246 g/mol. The number of rotatable bonds is 2. The molecule has 3 heterocycles. The quantitative estimate of drug-likeness (QED) is 0.869. The van der Waals surface area contributed by atoms with Crippen molar-refractivity contribution in [2.45, 2.75) is 19.3 Å². The number of hydrogen-bond acceptors (Lipinski definition) is 4. The first-order valence-corrected chi connectivity index (χ1v) is 6.29. The van der Waals surface area contributed by atoms with Crippen LogP contribution < -0.4 is 10.1 Å². The second-order valence-electron chi connectivity index (χ2n) is 4.88. The Hall–Kier alpha value is -1.62. The number of ether oxygens (including phenoxy) is 1. The van der Waals surface area contributed by atoms with Crippen molar-refractivity contribution in [3.05, 3.63) is 17.5 Å². The van der Waals surface area contributed by atoms with E-state index in [1.165, 1.54) is 12.0 Å². The van der Waals surface area contributed by atoms with E-state index in [9.17, 15) is 0 Å². The second kappa shape index (κ2) is 4.24. The van der Waals surface area contributed by atoms with Crippen LogP contribution in [-0.4, -0.2) is 34.7 Å². The lowest BCUT2D eigenvalue weighted by Crippen LogP contribution is -2.08. The summed E-state index contributed by atoms with van der Waals surface area (Å²) in [6, 6.07) is 0.457. The zero-order valence-corrected chi connectivity index (χ0v) is 11.0. The Labute approximate surface area is 106 Å². The molecule has 0 saturated carbocycles. The lowest BCUT2D eigenvalue weighted by atomic mass is 10.0. The first kappa shape index (κ1) is 11.5. The van der Waals surface area contributed by atoms with Crippen molar-refractivity contribution in [3.63, 3.8) is 0 Å². The van der Waals surface area contributed by atoms with Crippen LogP contribution >= 0.6 is 0 Å². The number of fused-ring (bicyclic) bond motifs is 1. The molecule has 1 aliphatic rings. The van der Waals surface area contributed by atoms with Crippen molar-refractivity contribution in [2.75, 3.05) is 20.2 Å². The highest BCUT2D eigenvalue weighted by Gasteiger charge is 2.23. The second-order valence-corrected chi connectivity index (χ2v) is 4.88. The van der Waals surface area contributed by atoms with Crippen molar-refractivity contribution in [1.82, 2.24) is 19.9 Å². The van der Waals surface area contributed by atoms with Crippen LogP contribution in [0.15, 0.2) is 6.20 Å². The Bertz CT molecular complexity index is 584. The van der Waals surface area contributed by atoms with E-state index in [-0.39, 0.29) is 0 Å². The van der Waals surface area contributed by atoms with Crippen molar-refractivity contribution in [2.24, 2.45) is 7.05 Å². The Kier molecular flexibility index (Phi) is 2.70. The van der Waals surface area contributed by atoms with E-state index in [1.54, 1.807) is 7.11 Å². The molecule has 1 saturated heterocycles. The lowest BCUT2D eigenvalue weighted by molar-refractivity contribution is 0.380. The molecule has 5 nitrogen and oxygen atoms in total. The summed E-state index contributed by atoms with van der Waals surface area (Å²) in [4.78, 5) is 8.89. The largest absolute Gasteiger partial charge is 0.467 e. The summed E-state index contributed by atoms with van der Waals surface area (Å²) < 4.78 is 7.31. The SMILES string of the molecule is COc1nc(C)c2c(n1)c(C1CCNC1)cn2C. The van der Waals surface area contributed by atoms with Crippen LogP contribution in [0.5, 0.6) is 6.01 Å². The maximum Gasteiger partial charge on any atom is 0.317 e. The normalized spacial score (nSPS) is 19.6. The Morgan fingerprint density at radius 2 is 2.28 bits per heavy atom. The van der Waals surface area contributed by atoms with Crippen molar-refractivity contribution < 1.29 is 4.74 Å². The smallest absolute Gasteiger partial charge is 0.317 e. The molecule has 0 radical (unpaired) electrons. The molecule has 18 heavy (non-hydrogen) atoms. The molecule has 1 atom stereocenters. The van der Waals surface area contributed by atoms with Crippen LogP contribution in [0.2, 0.25) is 0 Å². The first-order valence-electron chi connectivity index (χ1n) is 6.29. The molecular weight excluding hydrogens is 228 g/mol. The average molecular weight is 246 g/mol. The third-order valence-corrected chi connectivity index (χ3v) is 3.68. The van der Waals surface area contributed by atoms with E-state index in [2.05, 4.69) is 33.1 Å². The molecule has 0 aromatic carbocycles. The molecule has 2 aromatic rings. The summed E-state index contributed by atoms with van der Waals surface area (Å²) in [6.07, 6.45) is 3.36. The standard InChI is InChI=1S/C13H18N4O/c1-8-12-11(16-13(15-8)18-3)10(7-17(12)2)9-4-5-14-6-9/h7,9,14H,4-6H2,1-3H3. The van der Waals surface area contributed by atoms with Crippen LogP contribution in [0.4, 0.5) is 0 Å². The molecule has 0 spiro atoms. The van der Waals surface area contributed by atoms with Gasteiger partial charge in [-0.1, -0.05) is 0 Å². The molecule has 5 heteroatoms. The van der Waals surface area contributed by atoms with E-state index in [4.69, 9.17) is 4.74 Å². The van der Waals surface area contributed by atoms with Crippen LogP contribution in [0, 0.1) is 6.92 Å². The van der Waals surface area contributed by atoms with Crippen molar-refractivity contribution in [1.29, 1.82) is 0 Å². The summed E-state index contributed by atoms with van der Waals surface area (Å²) in [5, 5.41) is 3.40. The van der Waals surface area contributed by atoms with E-state index >= 15 is 0 Å². The fourth-order valence-electron chi connectivity index (χ4n) is 2.81. The van der Waals surface area contributed by atoms with Gasteiger partial charge in [0.1, 0.15) is 0 Å². The van der Waals surface area contributed by atoms with Gasteiger partial charge >= 0.3 is 6.01 Å². The van der Waals surface area contributed by atoms with Gasteiger partial charge < -0.3 is 14.6 Å². The third kappa shape index (κ3) is 1.66. The van der Waals surface area contributed by atoms with Gasteiger partial charge in [0.2, 0.25) is 0 Å². The van der Waals surface area contributed by atoms with Gasteiger partial charge in [-0.05, 0) is 19.9 Å². The Morgan fingerprint density at radius 3 is 2.94 bits per heavy atom. The van der Waals surface area contributed by atoms with E-state index in [0.29, 0.717) is 11.9 Å². The van der Waals surface area contributed by atoms with Gasteiger partial charge in [0.25, 0.3) is 0 Å². The summed E-state index contributed by atoms with van der Waals surface area (Å²) in [6.45, 7) is 4.12. The van der Waals surface area contributed by atoms with E-state index in [0.717, 1.165) is 29.8 Å². The topological polar surface area (TPSA) is 52.0 Å². The fourth-order valence-corrected chi connectivity index (χ4v) is 2.81. The maximum absolute atomic E-state index is 5.18. The number of methoxy groups -OCH3 is 1. The summed E-state index contributed by atoms with van der Waals surface area (Å²) in [5.74, 6) is 0.549. The number of aromatic nitrogens is 3. The molecule has 96 valence electrons. The minimum Gasteiger partial charge on any atom is -0.467 e. The van der Waals surface area contributed by atoms with Crippen LogP contribution in [0.1, 0.15) is 23.6 Å². The third-order valence-electron chi connectivity index (χ3n) is 3.68. The number of nitrogens with zero attached hydrogens (tertiary/aromatic N) is 3. The average Bonchev–Trinajstić information content (AvgIpc) is 2.96. The highest BCUT2D eigenvalue weighted by atomic mass is 16.5. The first-order chi connectivity index (χ1) is 8.70. The van der Waals surface area contributed by atoms with Crippen molar-refractivity contribution >= 4 is 11.0 Å². The molecule has 0 bridgehead atoms. The summed E-state index contributed by atoms with van der Waals surface area (Å²) >= 11 is 0. The molecule has 3 rings (SSSR count). The molecule has 1 fully saturated rings. The van der Waals surface area contributed by atoms with Gasteiger partial charge in [-0.3, -0.25) is 0 Å². The van der Waals surface area contributed by atoms with Crippen molar-refractivity contribution in [3.8, 4) is 6.01 Å². The minimum atomic E-state index is 0.457. The molecule has 1 aliphatic heterocycles. The molecule has 1 unspecified atom stereocenters. The summed E-state index contributed by atoms with van der Waals surface area (Å²) in [7, 11) is 3.66. The molecule has 0 amide bonds. The minimum absolute atomic E-state index is 0.457. The fraction of sp³-hybridized carbons (Fsp3) is 0.538. The van der Waals surface area contributed by atoms with Gasteiger partial charge in [0, 0.05) is 31.3 Å². The van der Waals surface area contributed by atoms with Crippen LogP contribution in [0.3, 0.4) is 0 Å². The number of hydrogen-bond donors (Lipinski definition) is 1. The highest BCUT2D eigenvalue weighted by molar-refractivity contribution is 5.82. The van der Waals surface area contributed by atoms with Gasteiger partial charge in [-0.2, -0.15) is 9.97 Å². The Morgan fingerprint density at radius 1 is 1.44 bits per heavy atom. The zero-order valence-electron chi connectivity index (χ0n) is 11.0. The van der Waals surface area contributed by atoms with Gasteiger partial charge in [0.15, 0.2) is 0 Å². The van der Waals surface area contributed by atoms with Gasteiger partial charge in [-0.25, -0.2) is 0 Å². The van der Waals surface area contributed by atoms with E-state index < -0.39 is 0 Å². The van der Waals surface area contributed by atoms with Gasteiger partial charge in [0.05, 0.1) is 23.8 Å². The highest BCUT2D eigenvalue weighted by Crippen LogP contribution is 2.31. The maximum atomic E-state index is 5.18. The number of aryl methyl sites for hydroxylation is 2. The number of nitrogens with one attached hydrogen (secondary N) is 1. The van der Waals surface area contributed by atoms with E-state index in [1.807, 2.05) is 6.92 Å². The Balaban J connectivity index is 2.22. The molecule has 1 N–H and O–H groups in total. The predicted molar refractivity (Wildman–Crippen MR) is 70.0 cm³/mol. The molecule has 0 aliphatic carbocycles. The molecular formula is C13H18N4O. The van der Waals surface area contributed by atoms with Crippen LogP contribution in [0.25, 0.3) is 11.0 Å². The summed E-state index contributed by atoms with van der Waals surface area (Å²) in [5.41, 5.74) is 4.42. The van der Waals surface area contributed by atoms with Gasteiger partial charge in [-0.15, -0.1) is 0 Å². The predicted octanol–water partition coefficient (Wildman–Crippen LogP) is 1.36.